The summed E-state index contributed by atoms with van der Waals surface area (Å²) in [6, 6.07) is 11.7. The highest BCUT2D eigenvalue weighted by Crippen LogP contribution is 2.12. The molecule has 2 aromatic rings. The zero-order chi connectivity index (χ0) is 17.4. The molecule has 0 fully saturated rings. The van der Waals surface area contributed by atoms with Crippen LogP contribution in [0, 0.1) is 5.82 Å². The summed E-state index contributed by atoms with van der Waals surface area (Å²) in [4.78, 5) is 23.2. The molecule has 0 saturated heterocycles. The maximum atomic E-state index is 12.7. The minimum atomic E-state index is -0.591. The van der Waals surface area contributed by atoms with Crippen molar-refractivity contribution in [2.75, 3.05) is 11.9 Å². The van der Waals surface area contributed by atoms with Gasteiger partial charge in [-0.25, -0.2) is 14.6 Å². The van der Waals surface area contributed by atoms with Crippen LogP contribution in [0.2, 0.25) is 5.02 Å². The largest absolute Gasteiger partial charge is 0.329 e. The van der Waals surface area contributed by atoms with Crippen molar-refractivity contribution in [3.63, 3.8) is 0 Å². The number of hydrazone groups is 1. The number of rotatable bonds is 5. The number of carbonyl (C=O) groups excluding carboxylic acids is 2. The van der Waals surface area contributed by atoms with E-state index < -0.39 is 17.8 Å². The van der Waals surface area contributed by atoms with Crippen LogP contribution in [0.15, 0.2) is 53.6 Å². The molecule has 2 rings (SSSR count). The van der Waals surface area contributed by atoms with Crippen molar-refractivity contribution < 1.29 is 14.0 Å². The van der Waals surface area contributed by atoms with Crippen molar-refractivity contribution in [2.45, 2.75) is 0 Å². The minimum Gasteiger partial charge on any atom is -0.329 e. The lowest BCUT2D eigenvalue weighted by Crippen LogP contribution is -2.37. The van der Waals surface area contributed by atoms with Gasteiger partial charge >= 0.3 is 6.03 Å². The molecule has 0 bridgehead atoms. The first kappa shape index (κ1) is 17.4. The van der Waals surface area contributed by atoms with E-state index in [2.05, 4.69) is 21.2 Å². The third kappa shape index (κ3) is 5.69. The average Bonchev–Trinajstić information content (AvgIpc) is 2.57. The van der Waals surface area contributed by atoms with Gasteiger partial charge in [0.25, 0.3) is 5.91 Å². The van der Waals surface area contributed by atoms with Crippen LogP contribution >= 0.6 is 11.6 Å². The number of benzene rings is 2. The van der Waals surface area contributed by atoms with Gasteiger partial charge in [-0.2, -0.15) is 5.10 Å². The Bertz CT molecular complexity index is 750. The summed E-state index contributed by atoms with van der Waals surface area (Å²) in [7, 11) is 0. The Morgan fingerprint density at radius 1 is 1.12 bits per heavy atom. The SMILES string of the molecule is O=C(CNC(=O)Nc1ccc(F)cc1)NN=Cc1ccccc1Cl. The number of halogens is 2. The van der Waals surface area contributed by atoms with E-state index in [4.69, 9.17) is 11.6 Å². The first-order chi connectivity index (χ1) is 11.5. The van der Waals surface area contributed by atoms with Gasteiger partial charge in [-0.3, -0.25) is 4.79 Å². The molecule has 0 saturated carbocycles. The molecular formula is C16H14ClFN4O2. The summed E-state index contributed by atoms with van der Waals surface area (Å²) in [6.45, 7) is -0.271. The Morgan fingerprint density at radius 2 is 1.83 bits per heavy atom. The molecule has 0 aliphatic heterocycles. The van der Waals surface area contributed by atoms with Gasteiger partial charge in [0.05, 0.1) is 6.21 Å². The van der Waals surface area contributed by atoms with Crippen LogP contribution in [0.1, 0.15) is 5.56 Å². The number of anilines is 1. The van der Waals surface area contributed by atoms with Crippen LogP contribution in [-0.4, -0.2) is 24.7 Å². The quantitative estimate of drug-likeness (QED) is 0.573. The lowest BCUT2D eigenvalue weighted by atomic mass is 10.2. The van der Waals surface area contributed by atoms with Gasteiger partial charge in [-0.05, 0) is 30.3 Å². The minimum absolute atomic E-state index is 0.271. The lowest BCUT2D eigenvalue weighted by Gasteiger charge is -2.06. The summed E-state index contributed by atoms with van der Waals surface area (Å²) in [5, 5.41) is 9.07. The Kier molecular flexibility index (Phi) is 6.27. The van der Waals surface area contributed by atoms with E-state index in [0.717, 1.165) is 0 Å². The van der Waals surface area contributed by atoms with E-state index in [-0.39, 0.29) is 6.54 Å². The van der Waals surface area contributed by atoms with Crippen LogP contribution in [0.3, 0.4) is 0 Å². The molecule has 0 aliphatic rings. The summed E-state index contributed by atoms with van der Waals surface area (Å²) >= 11 is 5.94. The van der Waals surface area contributed by atoms with Crippen molar-refractivity contribution in [2.24, 2.45) is 5.10 Å². The average molecular weight is 349 g/mol. The Labute approximate surface area is 142 Å². The number of amides is 3. The normalized spacial score (nSPS) is 10.4. The van der Waals surface area contributed by atoms with E-state index in [1.54, 1.807) is 24.3 Å². The van der Waals surface area contributed by atoms with Crippen LogP contribution in [0.4, 0.5) is 14.9 Å². The fraction of sp³-hybridized carbons (Fsp3) is 0.0625. The highest BCUT2D eigenvalue weighted by atomic mass is 35.5. The highest BCUT2D eigenvalue weighted by Gasteiger charge is 2.05. The second kappa shape index (κ2) is 8.64. The van der Waals surface area contributed by atoms with Gasteiger partial charge in [0.2, 0.25) is 0 Å². The maximum absolute atomic E-state index is 12.7. The smallest absolute Gasteiger partial charge is 0.319 e. The number of urea groups is 1. The van der Waals surface area contributed by atoms with Gasteiger partial charge in [-0.15, -0.1) is 0 Å². The number of nitrogens with one attached hydrogen (secondary N) is 3. The van der Waals surface area contributed by atoms with E-state index in [9.17, 15) is 14.0 Å². The summed E-state index contributed by atoms with van der Waals surface area (Å²) in [5.41, 5.74) is 3.33. The Hall–Kier alpha value is -2.93. The molecule has 3 amide bonds. The van der Waals surface area contributed by atoms with E-state index >= 15 is 0 Å². The van der Waals surface area contributed by atoms with Gasteiger partial charge in [0.1, 0.15) is 12.4 Å². The summed E-state index contributed by atoms with van der Waals surface area (Å²) < 4.78 is 12.7. The van der Waals surface area contributed by atoms with Crippen molar-refractivity contribution >= 4 is 35.4 Å². The van der Waals surface area contributed by atoms with Gasteiger partial charge < -0.3 is 10.6 Å². The highest BCUT2D eigenvalue weighted by molar-refractivity contribution is 6.33. The molecule has 0 unspecified atom stereocenters. The molecular weight excluding hydrogens is 335 g/mol. The first-order valence-electron chi connectivity index (χ1n) is 6.91. The molecule has 2 aromatic carbocycles. The van der Waals surface area contributed by atoms with Crippen molar-refractivity contribution in [3.05, 3.63) is 64.9 Å². The summed E-state index contributed by atoms with van der Waals surface area (Å²) in [5.74, 6) is -0.913. The standard InChI is InChI=1S/C16H14ClFN4O2/c17-14-4-2-1-3-11(14)9-20-22-15(23)10-19-16(24)21-13-7-5-12(18)6-8-13/h1-9H,10H2,(H,22,23)(H2,19,21,24). The molecule has 0 radical (unpaired) electrons. The second-order valence-electron chi connectivity index (χ2n) is 4.63. The molecule has 8 heteroatoms. The van der Waals surface area contributed by atoms with Crippen LogP contribution in [-0.2, 0) is 4.79 Å². The molecule has 0 aromatic heterocycles. The molecule has 24 heavy (non-hydrogen) atoms. The fourth-order valence-corrected chi connectivity index (χ4v) is 1.85. The molecule has 3 N–H and O–H groups in total. The second-order valence-corrected chi connectivity index (χ2v) is 5.04. The topological polar surface area (TPSA) is 82.6 Å². The fourth-order valence-electron chi connectivity index (χ4n) is 1.66. The van der Waals surface area contributed by atoms with Crippen molar-refractivity contribution in [1.82, 2.24) is 10.7 Å². The third-order valence-corrected chi connectivity index (χ3v) is 3.15. The number of hydrogen-bond acceptors (Lipinski definition) is 3. The number of carbonyl (C=O) groups is 2. The van der Waals surface area contributed by atoms with Gasteiger partial charge in [0.15, 0.2) is 0 Å². The van der Waals surface area contributed by atoms with Crippen LogP contribution < -0.4 is 16.1 Å². The monoisotopic (exact) mass is 348 g/mol. The van der Waals surface area contributed by atoms with Gasteiger partial charge in [0, 0.05) is 16.3 Å². The third-order valence-electron chi connectivity index (χ3n) is 2.81. The summed E-state index contributed by atoms with van der Waals surface area (Å²) in [6.07, 6.45) is 1.40. The number of hydrogen-bond donors (Lipinski definition) is 3. The molecule has 0 atom stereocenters. The molecule has 0 heterocycles. The Balaban J connectivity index is 1.73. The first-order valence-corrected chi connectivity index (χ1v) is 7.29. The molecule has 6 nitrogen and oxygen atoms in total. The molecule has 124 valence electrons. The predicted octanol–water partition coefficient (Wildman–Crippen LogP) is 2.75. The predicted molar refractivity (Wildman–Crippen MR) is 90.6 cm³/mol. The van der Waals surface area contributed by atoms with Crippen molar-refractivity contribution in [1.29, 1.82) is 0 Å². The van der Waals surface area contributed by atoms with E-state index in [0.29, 0.717) is 16.3 Å². The molecule has 0 spiro atoms. The number of nitrogens with zero attached hydrogens (tertiary/aromatic N) is 1. The van der Waals surface area contributed by atoms with Crippen molar-refractivity contribution in [3.8, 4) is 0 Å². The van der Waals surface area contributed by atoms with Crippen LogP contribution in [0.5, 0.6) is 0 Å². The van der Waals surface area contributed by atoms with Gasteiger partial charge in [-0.1, -0.05) is 29.8 Å². The zero-order valence-corrected chi connectivity index (χ0v) is 13.2. The maximum Gasteiger partial charge on any atom is 0.319 e. The Morgan fingerprint density at radius 3 is 2.54 bits per heavy atom. The van der Waals surface area contributed by atoms with E-state index in [1.807, 2.05) is 0 Å². The zero-order valence-electron chi connectivity index (χ0n) is 12.4. The lowest BCUT2D eigenvalue weighted by molar-refractivity contribution is -0.120. The van der Waals surface area contributed by atoms with Crippen LogP contribution in [0.25, 0.3) is 0 Å². The molecule has 0 aliphatic carbocycles. The van der Waals surface area contributed by atoms with E-state index in [1.165, 1.54) is 30.5 Å².